The van der Waals surface area contributed by atoms with E-state index in [1.54, 1.807) is 22.9 Å². The molecule has 2 heterocycles. The largest absolute Gasteiger partial charge is 0.451 e. The fraction of sp³-hybridized carbons (Fsp3) is 0.188. The van der Waals surface area contributed by atoms with Crippen LogP contribution in [0.2, 0.25) is 10.0 Å². The minimum atomic E-state index is -0.700. The van der Waals surface area contributed by atoms with Crippen LogP contribution in [0.1, 0.15) is 20.9 Å². The molecule has 0 radical (unpaired) electrons. The molecule has 3 rings (SSSR count). The Labute approximate surface area is 157 Å². The van der Waals surface area contributed by atoms with Crippen molar-refractivity contribution in [1.29, 1.82) is 0 Å². The molecule has 0 unspecified atom stereocenters. The van der Waals surface area contributed by atoms with Gasteiger partial charge in [0.05, 0.1) is 12.2 Å². The van der Waals surface area contributed by atoms with Crippen LogP contribution in [0.5, 0.6) is 0 Å². The van der Waals surface area contributed by atoms with Crippen LogP contribution in [0.4, 0.5) is 0 Å². The summed E-state index contributed by atoms with van der Waals surface area (Å²) in [6, 6.07) is 6.97. The van der Waals surface area contributed by atoms with E-state index in [1.165, 1.54) is 11.3 Å². The molecule has 3 aromatic rings. The molecule has 0 aliphatic carbocycles. The molecule has 0 saturated carbocycles. The first-order chi connectivity index (χ1) is 11.8. The number of benzene rings is 1. The zero-order valence-electron chi connectivity index (χ0n) is 13.1. The third-order valence-corrected chi connectivity index (χ3v) is 5.20. The highest BCUT2D eigenvalue weighted by molar-refractivity contribution is 7.20. The number of nitrogens with two attached hydrogens (primary N) is 1. The lowest BCUT2D eigenvalue weighted by molar-refractivity contribution is -0.121. The Morgan fingerprint density at radius 3 is 2.76 bits per heavy atom. The fourth-order valence-electron chi connectivity index (χ4n) is 2.34. The van der Waals surface area contributed by atoms with Gasteiger partial charge in [0.15, 0.2) is 6.61 Å². The van der Waals surface area contributed by atoms with Crippen molar-refractivity contribution in [3.63, 3.8) is 0 Å². The molecule has 0 aliphatic heterocycles. The number of nitrogens with zero attached hydrogens (tertiary/aromatic N) is 2. The number of hydrogen-bond donors (Lipinski definition) is 1. The van der Waals surface area contributed by atoms with Gasteiger partial charge in [0, 0.05) is 15.4 Å². The van der Waals surface area contributed by atoms with Crippen LogP contribution in [0, 0.1) is 6.92 Å². The lowest BCUT2D eigenvalue weighted by atomic mass is 10.2. The van der Waals surface area contributed by atoms with Crippen LogP contribution in [0.3, 0.4) is 0 Å². The minimum absolute atomic E-state index is 0.382. The standard InChI is InChI=1S/C16H13Cl2N3O3S/c1-8-11-5-13(16(23)24-7-14(19)22)25-15(11)21(20-8)6-9-2-3-10(17)4-12(9)18/h2-5H,6-7H2,1H3,(H2,19,22). The Hall–Kier alpha value is -2.09. The van der Waals surface area contributed by atoms with Crippen molar-refractivity contribution < 1.29 is 14.3 Å². The summed E-state index contributed by atoms with van der Waals surface area (Å²) < 4.78 is 6.62. The molecule has 130 valence electrons. The van der Waals surface area contributed by atoms with Crippen LogP contribution in [0.15, 0.2) is 24.3 Å². The average Bonchev–Trinajstić information content (AvgIpc) is 3.09. The van der Waals surface area contributed by atoms with Crippen LogP contribution >= 0.6 is 34.5 Å². The number of hydrogen-bond acceptors (Lipinski definition) is 5. The summed E-state index contributed by atoms with van der Waals surface area (Å²) in [7, 11) is 0. The highest BCUT2D eigenvalue weighted by Gasteiger charge is 2.18. The van der Waals surface area contributed by atoms with Gasteiger partial charge in [-0.15, -0.1) is 11.3 Å². The maximum Gasteiger partial charge on any atom is 0.348 e. The molecule has 1 amide bonds. The van der Waals surface area contributed by atoms with E-state index in [1.807, 2.05) is 13.0 Å². The monoisotopic (exact) mass is 397 g/mol. The van der Waals surface area contributed by atoms with Crippen molar-refractivity contribution in [3.8, 4) is 0 Å². The highest BCUT2D eigenvalue weighted by atomic mass is 35.5. The molecule has 2 N–H and O–H groups in total. The summed E-state index contributed by atoms with van der Waals surface area (Å²) in [5.41, 5.74) is 6.63. The second kappa shape index (κ2) is 7.03. The number of thiophene rings is 1. The number of primary amides is 1. The molecule has 2 aromatic heterocycles. The summed E-state index contributed by atoms with van der Waals surface area (Å²) >= 11 is 13.4. The molecule has 0 aliphatic rings. The van der Waals surface area contributed by atoms with Crippen LogP contribution in [0.25, 0.3) is 10.2 Å². The third kappa shape index (κ3) is 3.78. The SMILES string of the molecule is Cc1nn(Cc2ccc(Cl)cc2Cl)c2sc(C(=O)OCC(N)=O)cc12. The van der Waals surface area contributed by atoms with Crippen molar-refractivity contribution in [1.82, 2.24) is 9.78 Å². The van der Waals surface area contributed by atoms with E-state index < -0.39 is 18.5 Å². The molecular weight excluding hydrogens is 385 g/mol. The normalized spacial score (nSPS) is 11.0. The van der Waals surface area contributed by atoms with E-state index in [0.717, 1.165) is 21.5 Å². The number of amides is 1. The van der Waals surface area contributed by atoms with Crippen LogP contribution in [-0.2, 0) is 16.1 Å². The van der Waals surface area contributed by atoms with Gasteiger partial charge in [-0.25, -0.2) is 9.48 Å². The van der Waals surface area contributed by atoms with Crippen molar-refractivity contribution in [2.75, 3.05) is 6.61 Å². The van der Waals surface area contributed by atoms with Gasteiger partial charge < -0.3 is 10.5 Å². The summed E-state index contributed by atoms with van der Waals surface area (Å²) in [5.74, 6) is -1.29. The van der Waals surface area contributed by atoms with E-state index in [2.05, 4.69) is 5.10 Å². The molecule has 0 bridgehead atoms. The molecule has 0 spiro atoms. The summed E-state index contributed by atoms with van der Waals surface area (Å²) in [6.07, 6.45) is 0. The number of carbonyl (C=O) groups excluding carboxylic acids is 2. The van der Waals surface area contributed by atoms with Gasteiger partial charge in [0.1, 0.15) is 9.71 Å². The van der Waals surface area contributed by atoms with Gasteiger partial charge in [-0.05, 0) is 30.7 Å². The van der Waals surface area contributed by atoms with Gasteiger partial charge in [0.2, 0.25) is 0 Å². The number of aromatic nitrogens is 2. The van der Waals surface area contributed by atoms with Gasteiger partial charge in [0.25, 0.3) is 5.91 Å². The second-order valence-corrected chi connectivity index (χ2v) is 7.22. The van der Waals surface area contributed by atoms with Crippen LogP contribution < -0.4 is 5.73 Å². The Morgan fingerprint density at radius 2 is 2.08 bits per heavy atom. The molecule has 6 nitrogen and oxygen atoms in total. The maximum atomic E-state index is 12.0. The molecule has 9 heteroatoms. The van der Waals surface area contributed by atoms with Crippen molar-refractivity contribution >= 4 is 56.6 Å². The molecule has 1 aromatic carbocycles. The number of carbonyl (C=O) groups is 2. The van der Waals surface area contributed by atoms with E-state index in [4.69, 9.17) is 33.7 Å². The van der Waals surface area contributed by atoms with E-state index in [9.17, 15) is 9.59 Å². The summed E-state index contributed by atoms with van der Waals surface area (Å²) in [6.45, 7) is 1.85. The van der Waals surface area contributed by atoms with Crippen molar-refractivity contribution in [3.05, 3.63) is 50.4 Å². The Bertz CT molecular complexity index is 981. The van der Waals surface area contributed by atoms with Crippen molar-refractivity contribution in [2.45, 2.75) is 13.5 Å². The average molecular weight is 398 g/mol. The minimum Gasteiger partial charge on any atom is -0.451 e. The molecule has 0 atom stereocenters. The predicted molar refractivity (Wildman–Crippen MR) is 97.4 cm³/mol. The van der Waals surface area contributed by atoms with Gasteiger partial charge in [-0.2, -0.15) is 5.10 Å². The number of ether oxygens (including phenoxy) is 1. The van der Waals surface area contributed by atoms with E-state index in [0.29, 0.717) is 21.5 Å². The quantitative estimate of drug-likeness (QED) is 0.668. The van der Waals surface area contributed by atoms with E-state index in [-0.39, 0.29) is 0 Å². The first kappa shape index (κ1) is 17.7. The van der Waals surface area contributed by atoms with Gasteiger partial charge in [-0.1, -0.05) is 29.3 Å². The molecular formula is C16H13Cl2N3O3S. The summed E-state index contributed by atoms with van der Waals surface area (Å²) in [4.78, 5) is 23.9. The fourth-order valence-corrected chi connectivity index (χ4v) is 3.86. The number of esters is 1. The molecule has 0 fully saturated rings. The molecule has 25 heavy (non-hydrogen) atoms. The third-order valence-electron chi connectivity index (χ3n) is 3.49. The van der Waals surface area contributed by atoms with Crippen molar-refractivity contribution in [2.24, 2.45) is 5.73 Å². The number of rotatable bonds is 5. The highest BCUT2D eigenvalue weighted by Crippen LogP contribution is 2.30. The topological polar surface area (TPSA) is 87.2 Å². The number of fused-ring (bicyclic) bond motifs is 1. The summed E-state index contributed by atoms with van der Waals surface area (Å²) in [5, 5.41) is 6.45. The number of halogens is 2. The lowest BCUT2D eigenvalue weighted by Crippen LogP contribution is -2.20. The number of aryl methyl sites for hydroxylation is 1. The zero-order valence-corrected chi connectivity index (χ0v) is 15.4. The van der Waals surface area contributed by atoms with Gasteiger partial charge in [-0.3, -0.25) is 4.79 Å². The Kier molecular flexibility index (Phi) is 4.99. The first-order valence-electron chi connectivity index (χ1n) is 7.21. The van der Waals surface area contributed by atoms with E-state index >= 15 is 0 Å². The van der Waals surface area contributed by atoms with Gasteiger partial charge >= 0.3 is 5.97 Å². The van der Waals surface area contributed by atoms with Crippen LogP contribution in [-0.4, -0.2) is 28.3 Å². The zero-order chi connectivity index (χ0) is 18.1. The maximum absolute atomic E-state index is 12.0. The smallest absolute Gasteiger partial charge is 0.348 e. The first-order valence-corrected chi connectivity index (χ1v) is 8.78. The Morgan fingerprint density at radius 1 is 1.32 bits per heavy atom. The predicted octanol–water partition coefficient (Wildman–Crippen LogP) is 3.40. The second-order valence-electron chi connectivity index (χ2n) is 5.35. The Balaban J connectivity index is 1.91. The molecule has 0 saturated heterocycles. The lowest BCUT2D eigenvalue weighted by Gasteiger charge is -2.06.